The van der Waals surface area contributed by atoms with Gasteiger partial charge in [-0.15, -0.1) is 5.92 Å². The number of aromatic amines is 1. The van der Waals surface area contributed by atoms with Gasteiger partial charge in [0.2, 0.25) is 0 Å². The second-order valence-electron chi connectivity index (χ2n) is 8.61. The Labute approximate surface area is 205 Å². The predicted octanol–water partition coefficient (Wildman–Crippen LogP) is 8.15. The van der Waals surface area contributed by atoms with Crippen LogP contribution in [0.25, 0.3) is 21.8 Å². The van der Waals surface area contributed by atoms with Crippen molar-refractivity contribution in [3.63, 3.8) is 0 Å². The van der Waals surface area contributed by atoms with Gasteiger partial charge in [0.15, 0.2) is 0 Å². The van der Waals surface area contributed by atoms with Crippen LogP contribution in [0.2, 0.25) is 0 Å². The Bertz CT molecular complexity index is 1260. The molecule has 0 amide bonds. The van der Waals surface area contributed by atoms with Crippen molar-refractivity contribution in [1.82, 2.24) is 4.98 Å². The summed E-state index contributed by atoms with van der Waals surface area (Å²) in [6.07, 6.45) is 0.995. The summed E-state index contributed by atoms with van der Waals surface area (Å²) in [5, 5.41) is 12.1. The zero-order valence-electron chi connectivity index (χ0n) is 19.5. The Morgan fingerprint density at radius 3 is 2.34 bits per heavy atom. The lowest BCUT2D eigenvalue weighted by Gasteiger charge is -2.14. The molecule has 1 aromatic heterocycles. The molecule has 166 valence electrons. The molecule has 2 N–H and O–H groups in total. The van der Waals surface area contributed by atoms with Crippen molar-refractivity contribution < 1.29 is 5.11 Å². The topological polar surface area (TPSA) is 36.0 Å². The maximum Gasteiger partial charge on any atom is 0.119 e. The van der Waals surface area contributed by atoms with Crippen LogP contribution < -0.4 is 0 Å². The van der Waals surface area contributed by atoms with Crippen molar-refractivity contribution in [3.8, 4) is 17.6 Å². The Morgan fingerprint density at radius 2 is 1.69 bits per heavy atom. The minimum Gasteiger partial charge on any atom is -0.508 e. The van der Waals surface area contributed by atoms with Gasteiger partial charge in [-0.1, -0.05) is 97.8 Å². The lowest BCUT2D eigenvalue weighted by molar-refractivity contribution is 0.464. The summed E-state index contributed by atoms with van der Waals surface area (Å²) in [6, 6.07) is 20.9. The number of hydrogen-bond donors (Lipinski definition) is 2. The number of para-hydroxylation sites is 2. The van der Waals surface area contributed by atoms with Crippen LogP contribution in [0.5, 0.6) is 5.75 Å². The lowest BCUT2D eigenvalue weighted by atomic mass is 9.96. The normalized spacial score (nSPS) is 12.7. The summed E-state index contributed by atoms with van der Waals surface area (Å²) in [5.74, 6) is 7.65. The first-order valence-corrected chi connectivity index (χ1v) is 12.4. The van der Waals surface area contributed by atoms with E-state index in [1.54, 1.807) is 6.07 Å². The number of H-pyrrole nitrogens is 1. The molecule has 0 aliphatic heterocycles. The Hall–Kier alpha value is -2.45. The number of aryl methyl sites for hydroxylation is 1. The molecule has 3 heteroatoms. The van der Waals surface area contributed by atoms with Gasteiger partial charge in [0, 0.05) is 31.6 Å². The molecule has 0 radical (unpaired) electrons. The van der Waals surface area contributed by atoms with E-state index in [1.165, 1.54) is 27.4 Å². The Morgan fingerprint density at radius 1 is 0.969 bits per heavy atom. The number of hydrogen-bond acceptors (Lipinski definition) is 1. The number of aromatic nitrogens is 1. The molecule has 0 fully saturated rings. The molecule has 4 rings (SSSR count). The molecule has 32 heavy (non-hydrogen) atoms. The van der Waals surface area contributed by atoms with Crippen molar-refractivity contribution in [1.29, 1.82) is 0 Å². The van der Waals surface area contributed by atoms with E-state index in [1.807, 2.05) is 26.0 Å². The number of nitrogens with one attached hydrogen (secondary N) is 1. The number of alkyl halides is 1. The number of fused-ring (bicyclic) bond motifs is 3. The molecular weight excluding hydrogens is 505 g/mol. The molecule has 2 unspecified atom stereocenters. The average molecular weight is 537 g/mol. The molecule has 0 bridgehead atoms. The molecular formula is C29H32INO. The number of phenols is 1. The number of halogens is 1. The van der Waals surface area contributed by atoms with Crippen molar-refractivity contribution in [2.45, 2.75) is 50.9 Å². The number of rotatable bonds is 4. The fourth-order valence-electron chi connectivity index (χ4n) is 4.00. The first-order valence-electron chi connectivity index (χ1n) is 11.2. The Kier molecular flexibility index (Phi) is 8.26. The standard InChI is InChI=1S/C19H18IN.C10H14O/c1-3-7-14(13(2)20)12-15-8-6-10-17-16-9-4-5-11-18(16)21-19(15)17;1-7(2)9-5-4-8(3)6-10(9)11/h4-6,8-11,13-14,21H,12H2,1-2H3;4-7,11H,1-3H3. The van der Waals surface area contributed by atoms with Crippen molar-refractivity contribution in [2.24, 2.45) is 5.92 Å². The largest absolute Gasteiger partial charge is 0.508 e. The fraction of sp³-hybridized carbons (Fsp3) is 0.310. The van der Waals surface area contributed by atoms with Gasteiger partial charge in [-0.05, 0) is 55.0 Å². The van der Waals surface area contributed by atoms with Gasteiger partial charge in [-0.3, -0.25) is 0 Å². The first-order chi connectivity index (χ1) is 15.3. The Balaban J connectivity index is 0.000000222. The van der Waals surface area contributed by atoms with Gasteiger partial charge < -0.3 is 10.1 Å². The molecule has 0 spiro atoms. The van der Waals surface area contributed by atoms with E-state index in [0.29, 0.717) is 21.5 Å². The summed E-state index contributed by atoms with van der Waals surface area (Å²) in [7, 11) is 0. The molecule has 4 aromatic rings. The van der Waals surface area contributed by atoms with Crippen LogP contribution >= 0.6 is 22.6 Å². The highest BCUT2D eigenvalue weighted by atomic mass is 127. The number of benzene rings is 3. The van der Waals surface area contributed by atoms with Crippen molar-refractivity contribution >= 4 is 44.4 Å². The van der Waals surface area contributed by atoms with Crippen LogP contribution in [0, 0.1) is 24.7 Å². The third-order valence-corrected chi connectivity index (χ3v) is 6.63. The monoisotopic (exact) mass is 537 g/mol. The van der Waals surface area contributed by atoms with E-state index >= 15 is 0 Å². The van der Waals surface area contributed by atoms with E-state index < -0.39 is 0 Å². The molecule has 3 aromatic carbocycles. The fourth-order valence-corrected chi connectivity index (χ4v) is 4.43. The van der Waals surface area contributed by atoms with Crippen molar-refractivity contribution in [3.05, 3.63) is 77.4 Å². The molecule has 2 nitrogen and oxygen atoms in total. The zero-order valence-corrected chi connectivity index (χ0v) is 21.7. The molecule has 0 saturated carbocycles. The summed E-state index contributed by atoms with van der Waals surface area (Å²) >= 11 is 2.48. The zero-order chi connectivity index (χ0) is 23.3. The maximum atomic E-state index is 9.46. The van der Waals surface area contributed by atoms with Crippen LogP contribution in [0.3, 0.4) is 0 Å². The summed E-state index contributed by atoms with van der Waals surface area (Å²) in [4.78, 5) is 3.58. The van der Waals surface area contributed by atoms with Gasteiger partial charge in [-0.2, -0.15) is 0 Å². The highest BCUT2D eigenvalue weighted by Crippen LogP contribution is 2.30. The summed E-state index contributed by atoms with van der Waals surface area (Å²) in [6.45, 7) is 10.3. The minimum absolute atomic E-state index is 0.396. The van der Waals surface area contributed by atoms with Gasteiger partial charge in [0.1, 0.15) is 5.75 Å². The van der Waals surface area contributed by atoms with Gasteiger partial charge >= 0.3 is 0 Å². The van der Waals surface area contributed by atoms with Gasteiger partial charge in [0.25, 0.3) is 0 Å². The quantitative estimate of drug-likeness (QED) is 0.154. The van der Waals surface area contributed by atoms with Crippen LogP contribution in [-0.2, 0) is 6.42 Å². The van der Waals surface area contributed by atoms with Crippen LogP contribution in [-0.4, -0.2) is 14.0 Å². The average Bonchev–Trinajstić information content (AvgIpc) is 3.13. The van der Waals surface area contributed by atoms with E-state index in [-0.39, 0.29) is 0 Å². The summed E-state index contributed by atoms with van der Waals surface area (Å²) in [5.41, 5.74) is 5.96. The number of aromatic hydroxyl groups is 1. The second kappa shape index (κ2) is 10.9. The third kappa shape index (κ3) is 5.66. The number of phenolic OH excluding ortho intramolecular Hbond substituents is 1. The van der Waals surface area contributed by atoms with Crippen LogP contribution in [0.1, 0.15) is 50.3 Å². The van der Waals surface area contributed by atoms with Crippen molar-refractivity contribution in [2.75, 3.05) is 0 Å². The van der Waals surface area contributed by atoms with E-state index in [4.69, 9.17) is 0 Å². The van der Waals surface area contributed by atoms with E-state index in [9.17, 15) is 5.11 Å². The minimum atomic E-state index is 0.396. The van der Waals surface area contributed by atoms with E-state index in [2.05, 4.69) is 103 Å². The van der Waals surface area contributed by atoms with E-state index in [0.717, 1.165) is 17.5 Å². The first kappa shape index (κ1) is 24.2. The summed E-state index contributed by atoms with van der Waals surface area (Å²) < 4.78 is 0.537. The molecule has 1 heterocycles. The van der Waals surface area contributed by atoms with Crippen LogP contribution in [0.4, 0.5) is 0 Å². The SMILES string of the molecule is CC#CC(Cc1cccc2c1[nH]c1ccccc12)C(C)I.Cc1ccc(C(C)C)c(O)c1. The molecule has 0 aliphatic rings. The van der Waals surface area contributed by atoms with Gasteiger partial charge in [0.05, 0.1) is 0 Å². The highest BCUT2D eigenvalue weighted by Gasteiger charge is 2.15. The molecule has 0 saturated heterocycles. The molecule has 0 aliphatic carbocycles. The third-order valence-electron chi connectivity index (χ3n) is 5.76. The smallest absolute Gasteiger partial charge is 0.119 e. The second-order valence-corrected chi connectivity index (χ2v) is 10.6. The van der Waals surface area contributed by atoms with Crippen LogP contribution in [0.15, 0.2) is 60.7 Å². The highest BCUT2D eigenvalue weighted by molar-refractivity contribution is 14.1. The lowest BCUT2D eigenvalue weighted by Crippen LogP contribution is -2.12. The predicted molar refractivity (Wildman–Crippen MR) is 147 cm³/mol. The van der Waals surface area contributed by atoms with Gasteiger partial charge in [-0.25, -0.2) is 0 Å². The molecule has 2 atom stereocenters. The maximum absolute atomic E-state index is 9.46.